The van der Waals surface area contributed by atoms with E-state index in [-0.39, 0.29) is 11.8 Å². The number of carbonyl (C=O) groups is 2. The van der Waals surface area contributed by atoms with Crippen molar-refractivity contribution in [3.05, 3.63) is 0 Å². The molecule has 0 aromatic rings. The van der Waals surface area contributed by atoms with Crippen LogP contribution in [0, 0.1) is 0 Å². The number of rotatable bonds is 4. The minimum Gasteiger partial charge on any atom is -0.283 e. The van der Waals surface area contributed by atoms with Gasteiger partial charge in [0.15, 0.2) is 0 Å². The zero-order valence-corrected chi connectivity index (χ0v) is 9.18. The van der Waals surface area contributed by atoms with Crippen LogP contribution >= 0.6 is 15.9 Å². The van der Waals surface area contributed by atoms with Gasteiger partial charge in [-0.2, -0.15) is 0 Å². The van der Waals surface area contributed by atoms with Crippen molar-refractivity contribution in [1.29, 1.82) is 0 Å². The van der Waals surface area contributed by atoms with Gasteiger partial charge >= 0.3 is 0 Å². The van der Waals surface area contributed by atoms with E-state index in [1.54, 1.807) is 0 Å². The van der Waals surface area contributed by atoms with Gasteiger partial charge in [-0.1, -0.05) is 15.9 Å². The van der Waals surface area contributed by atoms with E-state index in [2.05, 4.69) is 15.9 Å². The third kappa shape index (κ3) is 3.10. The molecule has 0 aromatic heterocycles. The molecule has 0 N–H and O–H groups in total. The van der Waals surface area contributed by atoms with Gasteiger partial charge in [-0.05, 0) is 19.3 Å². The fraction of sp³-hybridized carbons (Fsp3) is 0.778. The van der Waals surface area contributed by atoms with Crippen LogP contribution in [0.15, 0.2) is 0 Å². The van der Waals surface area contributed by atoms with Crippen molar-refractivity contribution < 1.29 is 9.59 Å². The van der Waals surface area contributed by atoms with Crippen molar-refractivity contribution >= 4 is 27.7 Å². The van der Waals surface area contributed by atoms with E-state index in [9.17, 15) is 9.59 Å². The van der Waals surface area contributed by atoms with E-state index in [1.165, 1.54) is 4.90 Å². The van der Waals surface area contributed by atoms with Crippen LogP contribution in [0.25, 0.3) is 0 Å². The van der Waals surface area contributed by atoms with Gasteiger partial charge in [-0.25, -0.2) is 0 Å². The molecule has 0 bridgehead atoms. The van der Waals surface area contributed by atoms with Crippen LogP contribution < -0.4 is 0 Å². The molecule has 2 amide bonds. The Morgan fingerprint density at radius 3 is 2.77 bits per heavy atom. The van der Waals surface area contributed by atoms with Gasteiger partial charge in [0.2, 0.25) is 11.8 Å². The van der Waals surface area contributed by atoms with Gasteiger partial charge in [0, 0.05) is 24.7 Å². The molecule has 0 aliphatic carbocycles. The van der Waals surface area contributed by atoms with E-state index in [0.29, 0.717) is 19.4 Å². The fourth-order valence-electron chi connectivity index (χ4n) is 1.42. The van der Waals surface area contributed by atoms with Crippen molar-refractivity contribution in [1.82, 2.24) is 4.90 Å². The van der Waals surface area contributed by atoms with E-state index >= 15 is 0 Å². The van der Waals surface area contributed by atoms with Crippen LogP contribution in [0.3, 0.4) is 0 Å². The van der Waals surface area contributed by atoms with Crippen molar-refractivity contribution in [3.63, 3.8) is 0 Å². The Bertz CT molecular complexity index is 206. The highest BCUT2D eigenvalue weighted by Crippen LogP contribution is 2.12. The van der Waals surface area contributed by atoms with Crippen LogP contribution in [0.1, 0.15) is 32.1 Å². The van der Waals surface area contributed by atoms with Gasteiger partial charge in [0.05, 0.1) is 0 Å². The zero-order chi connectivity index (χ0) is 9.68. The quantitative estimate of drug-likeness (QED) is 0.561. The Kier molecular flexibility index (Phi) is 4.42. The van der Waals surface area contributed by atoms with Crippen LogP contribution in [-0.4, -0.2) is 28.6 Å². The number of unbranched alkanes of at least 4 members (excludes halogenated alkanes) is 1. The second-order valence-corrected chi connectivity index (χ2v) is 3.98. The Balaban J connectivity index is 2.26. The van der Waals surface area contributed by atoms with Crippen LogP contribution in [0.5, 0.6) is 0 Å². The largest absolute Gasteiger partial charge is 0.283 e. The Morgan fingerprint density at radius 1 is 1.46 bits per heavy atom. The van der Waals surface area contributed by atoms with Crippen LogP contribution in [0.2, 0.25) is 0 Å². The van der Waals surface area contributed by atoms with Crippen molar-refractivity contribution in [3.8, 4) is 0 Å². The Hall–Kier alpha value is -0.380. The molecule has 0 atom stereocenters. The maximum Gasteiger partial charge on any atom is 0.229 e. The zero-order valence-electron chi connectivity index (χ0n) is 7.59. The van der Waals surface area contributed by atoms with E-state index in [4.69, 9.17) is 0 Å². The maximum atomic E-state index is 11.4. The molecule has 1 fully saturated rings. The minimum atomic E-state index is 0.00319. The SMILES string of the molecule is O=C(CCCCBr)N1CCCC1=O. The summed E-state index contributed by atoms with van der Waals surface area (Å²) in [5, 5.41) is 0.925. The molecule has 1 aliphatic heterocycles. The average Bonchev–Trinajstić information content (AvgIpc) is 2.52. The number of hydrogen-bond donors (Lipinski definition) is 0. The van der Waals surface area contributed by atoms with Crippen molar-refractivity contribution in [2.45, 2.75) is 32.1 Å². The summed E-state index contributed by atoms with van der Waals surface area (Å²) < 4.78 is 0. The molecular weight excluding hydrogens is 234 g/mol. The Morgan fingerprint density at radius 2 is 2.23 bits per heavy atom. The lowest BCUT2D eigenvalue weighted by molar-refractivity contribution is -0.141. The number of likely N-dealkylation sites (tertiary alicyclic amines) is 1. The molecule has 13 heavy (non-hydrogen) atoms. The third-order valence-electron chi connectivity index (χ3n) is 2.15. The summed E-state index contributed by atoms with van der Waals surface area (Å²) >= 11 is 3.30. The number of halogens is 1. The molecule has 0 aromatic carbocycles. The topological polar surface area (TPSA) is 37.4 Å². The monoisotopic (exact) mass is 247 g/mol. The first-order chi connectivity index (χ1) is 6.25. The first kappa shape index (κ1) is 10.7. The molecule has 1 heterocycles. The molecule has 0 radical (unpaired) electrons. The first-order valence-electron chi connectivity index (χ1n) is 4.65. The van der Waals surface area contributed by atoms with Gasteiger partial charge in [0.25, 0.3) is 0 Å². The minimum absolute atomic E-state index is 0.00319. The smallest absolute Gasteiger partial charge is 0.229 e. The standard InChI is InChI=1S/C9H14BrNO2/c10-6-2-1-4-8(12)11-7-3-5-9(11)13/h1-7H2. The van der Waals surface area contributed by atoms with E-state index in [1.807, 2.05) is 0 Å². The van der Waals surface area contributed by atoms with Gasteiger partial charge < -0.3 is 0 Å². The predicted molar refractivity (Wildman–Crippen MR) is 53.6 cm³/mol. The number of alkyl halides is 1. The lowest BCUT2D eigenvalue weighted by Gasteiger charge is -2.12. The molecule has 3 nitrogen and oxygen atoms in total. The molecule has 1 saturated heterocycles. The summed E-state index contributed by atoms with van der Waals surface area (Å²) in [5.41, 5.74) is 0. The summed E-state index contributed by atoms with van der Waals surface area (Å²) in [4.78, 5) is 24.0. The summed E-state index contributed by atoms with van der Waals surface area (Å²) in [6.45, 7) is 0.631. The third-order valence-corrected chi connectivity index (χ3v) is 2.71. The molecule has 4 heteroatoms. The first-order valence-corrected chi connectivity index (χ1v) is 5.77. The van der Waals surface area contributed by atoms with Gasteiger partial charge in [-0.15, -0.1) is 0 Å². The molecule has 0 spiro atoms. The molecule has 1 rings (SSSR count). The van der Waals surface area contributed by atoms with Crippen LogP contribution in [-0.2, 0) is 9.59 Å². The van der Waals surface area contributed by atoms with E-state index in [0.717, 1.165) is 24.6 Å². The number of hydrogen-bond acceptors (Lipinski definition) is 2. The second kappa shape index (κ2) is 5.37. The highest BCUT2D eigenvalue weighted by atomic mass is 79.9. The normalized spacial score (nSPS) is 16.7. The molecular formula is C9H14BrNO2. The van der Waals surface area contributed by atoms with Gasteiger partial charge in [0.1, 0.15) is 0 Å². The summed E-state index contributed by atoms with van der Waals surface area (Å²) in [5.74, 6) is 0.00675. The summed E-state index contributed by atoms with van der Waals surface area (Å²) in [6.07, 6.45) is 3.76. The average molecular weight is 248 g/mol. The lowest BCUT2D eigenvalue weighted by atomic mass is 10.2. The number of nitrogens with zero attached hydrogens (tertiary/aromatic N) is 1. The molecule has 74 valence electrons. The lowest BCUT2D eigenvalue weighted by Crippen LogP contribution is -2.31. The van der Waals surface area contributed by atoms with Crippen LogP contribution in [0.4, 0.5) is 0 Å². The Labute approximate surface area is 86.6 Å². The number of amides is 2. The van der Waals surface area contributed by atoms with Crippen molar-refractivity contribution in [2.75, 3.05) is 11.9 Å². The van der Waals surface area contributed by atoms with Gasteiger partial charge in [-0.3, -0.25) is 14.5 Å². The summed E-state index contributed by atoms with van der Waals surface area (Å²) in [6, 6.07) is 0. The highest BCUT2D eigenvalue weighted by molar-refractivity contribution is 9.09. The molecule has 1 aliphatic rings. The summed E-state index contributed by atoms with van der Waals surface area (Å²) in [7, 11) is 0. The maximum absolute atomic E-state index is 11.4. The predicted octanol–water partition coefficient (Wildman–Crippen LogP) is 1.70. The van der Waals surface area contributed by atoms with E-state index < -0.39 is 0 Å². The fourth-order valence-corrected chi connectivity index (χ4v) is 1.81. The molecule has 0 saturated carbocycles. The second-order valence-electron chi connectivity index (χ2n) is 3.19. The number of imide groups is 1. The highest BCUT2D eigenvalue weighted by Gasteiger charge is 2.25. The number of carbonyl (C=O) groups excluding carboxylic acids is 2. The molecule has 0 unspecified atom stereocenters. The van der Waals surface area contributed by atoms with Crippen molar-refractivity contribution in [2.24, 2.45) is 0 Å².